The zero-order valence-corrected chi connectivity index (χ0v) is 16.3. The molecule has 1 atom stereocenters. The third-order valence-electron chi connectivity index (χ3n) is 4.65. The van der Waals surface area contributed by atoms with Crippen LogP contribution >= 0.6 is 0 Å². The van der Waals surface area contributed by atoms with Crippen LogP contribution in [0.2, 0.25) is 0 Å². The topological polar surface area (TPSA) is 68.5 Å². The number of carbonyl (C=O) groups is 1. The molecule has 144 valence electrons. The average Bonchev–Trinajstić information content (AvgIpc) is 2.87. The van der Waals surface area contributed by atoms with Crippen LogP contribution in [0, 0.1) is 11.7 Å². The van der Waals surface area contributed by atoms with Crippen LogP contribution < -0.4 is 10.5 Å². The number of rotatable bonds is 6. The van der Waals surface area contributed by atoms with Gasteiger partial charge in [0.05, 0.1) is 17.8 Å². The molecule has 2 heterocycles. The molecular weight excluding hydrogens is 345 g/mol. The van der Waals surface area contributed by atoms with Gasteiger partial charge in [0.2, 0.25) is 0 Å². The van der Waals surface area contributed by atoms with Crippen LogP contribution in [-0.4, -0.2) is 35.0 Å². The van der Waals surface area contributed by atoms with Gasteiger partial charge in [0, 0.05) is 18.8 Å². The molecule has 1 unspecified atom stereocenters. The SMILES string of the molecule is CC(C)CC(C)(N)COc1ccc(-c2ccnc3c2C(=O)N(C)C3)cc1F. The van der Waals surface area contributed by atoms with Crippen LogP contribution in [0.5, 0.6) is 5.75 Å². The van der Waals surface area contributed by atoms with E-state index in [9.17, 15) is 9.18 Å². The number of nitrogens with two attached hydrogens (primary N) is 1. The van der Waals surface area contributed by atoms with Crippen LogP contribution in [0.1, 0.15) is 43.2 Å². The maximum absolute atomic E-state index is 14.6. The lowest BCUT2D eigenvalue weighted by Crippen LogP contribution is -2.43. The van der Waals surface area contributed by atoms with E-state index in [1.165, 1.54) is 6.07 Å². The Kier molecular flexibility index (Phi) is 5.20. The zero-order chi connectivity index (χ0) is 19.8. The molecule has 0 saturated heterocycles. The molecule has 27 heavy (non-hydrogen) atoms. The number of carbonyl (C=O) groups excluding carboxylic acids is 1. The Bertz CT molecular complexity index is 865. The summed E-state index contributed by atoms with van der Waals surface area (Å²) in [6.07, 6.45) is 2.43. The number of benzene rings is 1. The highest BCUT2D eigenvalue weighted by atomic mass is 19.1. The molecule has 0 aliphatic carbocycles. The van der Waals surface area contributed by atoms with Gasteiger partial charge in [-0.15, -0.1) is 0 Å². The summed E-state index contributed by atoms with van der Waals surface area (Å²) < 4.78 is 20.3. The Balaban J connectivity index is 1.83. The van der Waals surface area contributed by atoms with Crippen LogP contribution in [0.3, 0.4) is 0 Å². The van der Waals surface area contributed by atoms with E-state index in [1.807, 2.05) is 6.92 Å². The number of halogens is 1. The molecule has 2 aromatic rings. The van der Waals surface area contributed by atoms with E-state index in [0.717, 1.165) is 6.42 Å². The summed E-state index contributed by atoms with van der Waals surface area (Å²) in [4.78, 5) is 18.3. The Morgan fingerprint density at radius 2 is 2.11 bits per heavy atom. The Labute approximate surface area is 159 Å². The van der Waals surface area contributed by atoms with Crippen molar-refractivity contribution in [3.05, 3.63) is 47.5 Å². The Morgan fingerprint density at radius 3 is 2.78 bits per heavy atom. The van der Waals surface area contributed by atoms with Crippen molar-refractivity contribution in [1.29, 1.82) is 0 Å². The number of pyridine rings is 1. The van der Waals surface area contributed by atoms with E-state index < -0.39 is 11.4 Å². The summed E-state index contributed by atoms with van der Waals surface area (Å²) in [6, 6.07) is 6.49. The smallest absolute Gasteiger partial charge is 0.256 e. The molecule has 0 saturated carbocycles. The van der Waals surface area contributed by atoms with Gasteiger partial charge in [0.15, 0.2) is 11.6 Å². The van der Waals surface area contributed by atoms with E-state index >= 15 is 0 Å². The van der Waals surface area contributed by atoms with Crippen molar-refractivity contribution in [3.8, 4) is 16.9 Å². The first kappa shape index (κ1) is 19.3. The van der Waals surface area contributed by atoms with Gasteiger partial charge < -0.3 is 15.4 Å². The van der Waals surface area contributed by atoms with E-state index in [1.54, 1.807) is 36.3 Å². The second-order valence-electron chi connectivity index (χ2n) is 8.03. The van der Waals surface area contributed by atoms with Crippen LogP contribution in [0.4, 0.5) is 4.39 Å². The molecule has 5 nitrogen and oxygen atoms in total. The second-order valence-corrected chi connectivity index (χ2v) is 8.03. The van der Waals surface area contributed by atoms with E-state index in [2.05, 4.69) is 18.8 Å². The number of fused-ring (bicyclic) bond motifs is 1. The number of amides is 1. The minimum Gasteiger partial charge on any atom is -0.489 e. The molecule has 6 heteroatoms. The summed E-state index contributed by atoms with van der Waals surface area (Å²) in [5, 5.41) is 0. The Morgan fingerprint density at radius 1 is 1.37 bits per heavy atom. The minimum atomic E-state index is -0.526. The van der Waals surface area contributed by atoms with Crippen molar-refractivity contribution < 1.29 is 13.9 Å². The molecular formula is C21H26FN3O2. The molecule has 1 aliphatic rings. The molecule has 0 radical (unpaired) electrons. The normalized spacial score (nSPS) is 15.8. The van der Waals surface area contributed by atoms with Crippen molar-refractivity contribution in [2.45, 2.75) is 39.3 Å². The van der Waals surface area contributed by atoms with Crippen molar-refractivity contribution in [1.82, 2.24) is 9.88 Å². The third-order valence-corrected chi connectivity index (χ3v) is 4.65. The van der Waals surface area contributed by atoms with Gasteiger partial charge in [0.1, 0.15) is 6.61 Å². The van der Waals surface area contributed by atoms with Gasteiger partial charge in [-0.1, -0.05) is 19.9 Å². The van der Waals surface area contributed by atoms with Gasteiger partial charge in [0.25, 0.3) is 5.91 Å². The van der Waals surface area contributed by atoms with Gasteiger partial charge >= 0.3 is 0 Å². The molecule has 2 N–H and O–H groups in total. The molecule has 0 fully saturated rings. The first-order valence-corrected chi connectivity index (χ1v) is 9.13. The van der Waals surface area contributed by atoms with E-state index in [-0.39, 0.29) is 18.3 Å². The number of hydrogen-bond donors (Lipinski definition) is 1. The lowest BCUT2D eigenvalue weighted by Gasteiger charge is -2.26. The van der Waals surface area contributed by atoms with Gasteiger partial charge in [-0.05, 0) is 48.6 Å². The summed E-state index contributed by atoms with van der Waals surface area (Å²) in [5.41, 5.74) is 8.27. The van der Waals surface area contributed by atoms with Crippen LogP contribution in [-0.2, 0) is 6.54 Å². The minimum absolute atomic E-state index is 0.0959. The summed E-state index contributed by atoms with van der Waals surface area (Å²) >= 11 is 0. The average molecular weight is 371 g/mol. The molecule has 1 amide bonds. The first-order valence-electron chi connectivity index (χ1n) is 9.13. The standard InChI is InChI=1S/C21H26FN3O2/c1-13(2)10-21(3,23)12-27-18-6-5-14(9-16(18)22)15-7-8-24-17-11-25(4)20(26)19(15)17/h5-9,13H,10-12,23H2,1-4H3. The number of nitrogens with zero attached hydrogens (tertiary/aromatic N) is 2. The second kappa shape index (κ2) is 7.27. The predicted octanol–water partition coefficient (Wildman–Crippen LogP) is 3.62. The number of hydrogen-bond acceptors (Lipinski definition) is 4. The lowest BCUT2D eigenvalue weighted by atomic mass is 9.93. The Hall–Kier alpha value is -2.47. The van der Waals surface area contributed by atoms with Crippen LogP contribution in [0.25, 0.3) is 11.1 Å². The predicted molar refractivity (Wildman–Crippen MR) is 103 cm³/mol. The molecule has 3 rings (SSSR count). The highest BCUT2D eigenvalue weighted by Crippen LogP contribution is 2.33. The highest BCUT2D eigenvalue weighted by molar-refractivity contribution is 6.03. The van der Waals surface area contributed by atoms with Crippen LogP contribution in [0.15, 0.2) is 30.5 Å². The van der Waals surface area contributed by atoms with Crippen molar-refractivity contribution >= 4 is 5.91 Å². The summed E-state index contributed by atoms with van der Waals surface area (Å²) in [7, 11) is 1.73. The zero-order valence-electron chi connectivity index (χ0n) is 16.3. The van der Waals surface area contributed by atoms with Gasteiger partial charge in [-0.25, -0.2) is 4.39 Å². The van der Waals surface area contributed by atoms with E-state index in [0.29, 0.717) is 34.8 Å². The summed E-state index contributed by atoms with van der Waals surface area (Å²) in [6.45, 7) is 6.78. The van der Waals surface area contributed by atoms with Crippen molar-refractivity contribution in [3.63, 3.8) is 0 Å². The maximum Gasteiger partial charge on any atom is 0.256 e. The fourth-order valence-corrected chi connectivity index (χ4v) is 3.61. The highest BCUT2D eigenvalue weighted by Gasteiger charge is 2.29. The third kappa shape index (κ3) is 4.11. The summed E-state index contributed by atoms with van der Waals surface area (Å²) in [5.74, 6) is 0.0206. The molecule has 1 aromatic heterocycles. The maximum atomic E-state index is 14.6. The lowest BCUT2D eigenvalue weighted by molar-refractivity contribution is 0.0817. The fraction of sp³-hybridized carbons (Fsp3) is 0.429. The molecule has 1 aromatic carbocycles. The van der Waals surface area contributed by atoms with Crippen molar-refractivity contribution in [2.24, 2.45) is 11.7 Å². The van der Waals surface area contributed by atoms with Crippen molar-refractivity contribution in [2.75, 3.05) is 13.7 Å². The largest absolute Gasteiger partial charge is 0.489 e. The quantitative estimate of drug-likeness (QED) is 0.842. The van der Waals surface area contributed by atoms with Gasteiger partial charge in [-0.2, -0.15) is 0 Å². The first-order chi connectivity index (χ1) is 12.7. The van der Waals surface area contributed by atoms with Gasteiger partial charge in [-0.3, -0.25) is 9.78 Å². The number of ether oxygens (including phenoxy) is 1. The molecule has 1 aliphatic heterocycles. The van der Waals surface area contributed by atoms with E-state index in [4.69, 9.17) is 10.5 Å². The fourth-order valence-electron chi connectivity index (χ4n) is 3.61. The number of aromatic nitrogens is 1. The molecule has 0 spiro atoms. The monoisotopic (exact) mass is 371 g/mol. The molecule has 0 bridgehead atoms.